The van der Waals surface area contributed by atoms with E-state index in [4.69, 9.17) is 5.73 Å². The molecule has 2 aliphatic carbocycles. The van der Waals surface area contributed by atoms with Crippen molar-refractivity contribution in [1.29, 1.82) is 0 Å². The van der Waals surface area contributed by atoms with Crippen LogP contribution < -0.4 is 5.73 Å². The smallest absolute Gasteiger partial charge is 0.0525 e. The second-order valence-corrected chi connectivity index (χ2v) is 4.45. The zero-order valence-electron chi connectivity index (χ0n) is 7.71. The molecule has 3 nitrogen and oxygen atoms in total. The summed E-state index contributed by atoms with van der Waals surface area (Å²) in [6.45, 7) is 0.784. The van der Waals surface area contributed by atoms with Crippen LogP contribution in [0.4, 0.5) is 0 Å². The number of nitrogens with two attached hydrogens (primary N) is 1. The molecule has 0 radical (unpaired) electrons. The van der Waals surface area contributed by atoms with Crippen molar-refractivity contribution >= 4 is 0 Å². The first-order chi connectivity index (χ1) is 6.36. The highest BCUT2D eigenvalue weighted by Gasteiger charge is 2.51. The first kappa shape index (κ1) is 7.56. The molecule has 3 N–H and O–H groups in total. The molecular weight excluding hydrogens is 162 g/mol. The molecule has 1 fully saturated rings. The lowest BCUT2D eigenvalue weighted by molar-refractivity contribution is 0.351. The van der Waals surface area contributed by atoms with Crippen molar-refractivity contribution in [2.24, 2.45) is 11.1 Å². The van der Waals surface area contributed by atoms with E-state index in [-0.39, 0.29) is 0 Å². The van der Waals surface area contributed by atoms with Gasteiger partial charge in [-0.2, -0.15) is 5.10 Å². The maximum Gasteiger partial charge on any atom is 0.0525 e. The highest BCUT2D eigenvalue weighted by Crippen LogP contribution is 2.61. The molecule has 0 bridgehead atoms. The van der Waals surface area contributed by atoms with Crippen molar-refractivity contribution in [3.8, 4) is 0 Å². The molecule has 1 aromatic rings. The van der Waals surface area contributed by atoms with Gasteiger partial charge in [0.15, 0.2) is 0 Å². The molecule has 1 atom stereocenters. The first-order valence-corrected chi connectivity index (χ1v) is 5.08. The van der Waals surface area contributed by atoms with Gasteiger partial charge < -0.3 is 5.73 Å². The third kappa shape index (κ3) is 0.908. The monoisotopic (exact) mass is 177 g/mol. The van der Waals surface area contributed by atoms with Crippen LogP contribution in [-0.4, -0.2) is 16.7 Å². The average molecular weight is 177 g/mol. The Morgan fingerprint density at radius 2 is 2.38 bits per heavy atom. The summed E-state index contributed by atoms with van der Waals surface area (Å²) in [5.41, 5.74) is 9.15. The third-order valence-corrected chi connectivity index (χ3v) is 3.87. The molecule has 13 heavy (non-hydrogen) atoms. The Labute approximate surface area is 77.7 Å². The van der Waals surface area contributed by atoms with E-state index in [9.17, 15) is 0 Å². The number of nitrogens with zero attached hydrogens (tertiary/aromatic N) is 1. The fraction of sp³-hybridized carbons (Fsp3) is 0.700. The second-order valence-electron chi connectivity index (χ2n) is 4.45. The Bertz CT molecular complexity index is 325. The largest absolute Gasteiger partial charge is 0.330 e. The van der Waals surface area contributed by atoms with Gasteiger partial charge in [0, 0.05) is 11.6 Å². The van der Waals surface area contributed by atoms with Gasteiger partial charge in [0.25, 0.3) is 0 Å². The normalized spacial score (nSPS) is 28.8. The topological polar surface area (TPSA) is 54.7 Å². The van der Waals surface area contributed by atoms with Gasteiger partial charge in [0.05, 0.1) is 6.20 Å². The standard InChI is InChI=1S/C10H15N3/c11-5-8-7-6-12-13-9(7)1-2-10(8)3-4-10/h6,8H,1-5,11H2,(H,12,13). The van der Waals surface area contributed by atoms with Gasteiger partial charge >= 0.3 is 0 Å². The van der Waals surface area contributed by atoms with E-state index in [1.807, 2.05) is 6.20 Å². The Kier molecular flexibility index (Phi) is 1.37. The lowest BCUT2D eigenvalue weighted by atomic mass is 9.75. The minimum Gasteiger partial charge on any atom is -0.330 e. The number of H-pyrrole nitrogens is 1. The predicted molar refractivity (Wildman–Crippen MR) is 50.4 cm³/mol. The molecule has 3 rings (SSSR count). The molecule has 0 amide bonds. The van der Waals surface area contributed by atoms with E-state index in [2.05, 4.69) is 10.2 Å². The lowest BCUT2D eigenvalue weighted by Crippen LogP contribution is -2.27. The summed E-state index contributed by atoms with van der Waals surface area (Å²) in [5.74, 6) is 0.579. The summed E-state index contributed by atoms with van der Waals surface area (Å²) in [6.07, 6.45) is 7.21. The minimum atomic E-state index is 0.575. The summed E-state index contributed by atoms with van der Waals surface area (Å²) < 4.78 is 0. The van der Waals surface area contributed by atoms with Crippen LogP contribution in [0.15, 0.2) is 6.20 Å². The average Bonchev–Trinajstić information content (AvgIpc) is 2.76. The van der Waals surface area contributed by atoms with E-state index >= 15 is 0 Å². The van der Waals surface area contributed by atoms with Crippen LogP contribution in [-0.2, 0) is 6.42 Å². The molecule has 1 aromatic heterocycles. The Morgan fingerprint density at radius 1 is 1.54 bits per heavy atom. The van der Waals surface area contributed by atoms with Crippen LogP contribution >= 0.6 is 0 Å². The van der Waals surface area contributed by atoms with Crippen LogP contribution in [0, 0.1) is 5.41 Å². The van der Waals surface area contributed by atoms with Crippen LogP contribution in [0.5, 0.6) is 0 Å². The van der Waals surface area contributed by atoms with Crippen molar-refractivity contribution in [3.63, 3.8) is 0 Å². The molecule has 0 saturated heterocycles. The SMILES string of the molecule is NCC1c2cn[nH]c2CCC12CC2. The molecule has 1 spiro atoms. The van der Waals surface area contributed by atoms with Gasteiger partial charge in [0.1, 0.15) is 0 Å². The molecule has 3 heteroatoms. The number of aryl methyl sites for hydroxylation is 1. The van der Waals surface area contributed by atoms with E-state index in [0.29, 0.717) is 11.3 Å². The van der Waals surface area contributed by atoms with E-state index in [0.717, 1.165) is 6.54 Å². The van der Waals surface area contributed by atoms with Crippen molar-refractivity contribution in [1.82, 2.24) is 10.2 Å². The van der Waals surface area contributed by atoms with Crippen molar-refractivity contribution in [2.75, 3.05) is 6.54 Å². The molecule has 0 aliphatic heterocycles. The van der Waals surface area contributed by atoms with Gasteiger partial charge in [0.2, 0.25) is 0 Å². The van der Waals surface area contributed by atoms with Gasteiger partial charge in [-0.1, -0.05) is 0 Å². The van der Waals surface area contributed by atoms with Gasteiger partial charge in [-0.05, 0) is 43.2 Å². The number of fused-ring (bicyclic) bond motifs is 1. The summed E-state index contributed by atoms with van der Waals surface area (Å²) in [7, 11) is 0. The number of nitrogens with one attached hydrogen (secondary N) is 1. The quantitative estimate of drug-likeness (QED) is 0.676. The van der Waals surface area contributed by atoms with Crippen LogP contribution in [0.1, 0.15) is 36.4 Å². The number of hydrogen-bond donors (Lipinski definition) is 2. The van der Waals surface area contributed by atoms with Crippen molar-refractivity contribution in [3.05, 3.63) is 17.5 Å². The third-order valence-electron chi connectivity index (χ3n) is 3.87. The second kappa shape index (κ2) is 2.35. The fourth-order valence-corrected chi connectivity index (χ4v) is 2.84. The Balaban J connectivity index is 2.04. The van der Waals surface area contributed by atoms with Crippen LogP contribution in [0.25, 0.3) is 0 Å². The maximum atomic E-state index is 5.85. The summed E-state index contributed by atoms with van der Waals surface area (Å²) in [4.78, 5) is 0. The molecular formula is C10H15N3. The molecule has 70 valence electrons. The Morgan fingerprint density at radius 3 is 3.08 bits per heavy atom. The van der Waals surface area contributed by atoms with Crippen molar-refractivity contribution < 1.29 is 0 Å². The predicted octanol–water partition coefficient (Wildman–Crippen LogP) is 1.18. The molecule has 1 heterocycles. The van der Waals surface area contributed by atoms with Crippen molar-refractivity contribution in [2.45, 2.75) is 31.6 Å². The summed E-state index contributed by atoms with van der Waals surface area (Å²) in [5, 5.41) is 7.20. The number of rotatable bonds is 1. The highest BCUT2D eigenvalue weighted by atomic mass is 15.1. The number of aromatic amines is 1. The summed E-state index contributed by atoms with van der Waals surface area (Å²) >= 11 is 0. The van der Waals surface area contributed by atoms with Crippen LogP contribution in [0.2, 0.25) is 0 Å². The fourth-order valence-electron chi connectivity index (χ4n) is 2.84. The zero-order valence-corrected chi connectivity index (χ0v) is 7.71. The maximum absolute atomic E-state index is 5.85. The number of aromatic nitrogens is 2. The van der Waals surface area contributed by atoms with Gasteiger partial charge in [-0.15, -0.1) is 0 Å². The first-order valence-electron chi connectivity index (χ1n) is 5.08. The van der Waals surface area contributed by atoms with E-state index in [1.54, 1.807) is 0 Å². The molecule has 0 aromatic carbocycles. The van der Waals surface area contributed by atoms with E-state index < -0.39 is 0 Å². The number of hydrogen-bond acceptors (Lipinski definition) is 2. The minimum absolute atomic E-state index is 0.575. The van der Waals surface area contributed by atoms with Gasteiger partial charge in [-0.25, -0.2) is 0 Å². The van der Waals surface area contributed by atoms with E-state index in [1.165, 1.54) is 36.9 Å². The van der Waals surface area contributed by atoms with Gasteiger partial charge in [-0.3, -0.25) is 5.10 Å². The highest BCUT2D eigenvalue weighted by molar-refractivity contribution is 5.31. The molecule has 2 aliphatic rings. The van der Waals surface area contributed by atoms with Crippen LogP contribution in [0.3, 0.4) is 0 Å². The lowest BCUT2D eigenvalue weighted by Gasteiger charge is -2.30. The summed E-state index contributed by atoms with van der Waals surface area (Å²) in [6, 6.07) is 0. The zero-order chi connectivity index (χ0) is 8.89. The molecule has 1 saturated carbocycles. The molecule has 1 unspecified atom stereocenters. The Hall–Kier alpha value is -0.830.